The fourth-order valence-electron chi connectivity index (χ4n) is 2.29. The smallest absolute Gasteiger partial charge is 0.326 e. The summed E-state index contributed by atoms with van der Waals surface area (Å²) in [6.07, 6.45) is 6.58. The van der Waals surface area contributed by atoms with Crippen LogP contribution in [0.25, 0.3) is 0 Å². The predicted molar refractivity (Wildman–Crippen MR) is 58.6 cm³/mol. The van der Waals surface area contributed by atoms with Gasteiger partial charge in [-0.05, 0) is 38.1 Å². The van der Waals surface area contributed by atoms with Gasteiger partial charge in [-0.1, -0.05) is 19.8 Å². The lowest BCUT2D eigenvalue weighted by Crippen LogP contribution is -2.48. The van der Waals surface area contributed by atoms with Gasteiger partial charge in [-0.3, -0.25) is 4.79 Å². The topological polar surface area (TPSA) is 38.3 Å². The normalized spacial score (nSPS) is 30.5. The Morgan fingerprint density at radius 2 is 2.33 bits per heavy atom. The maximum Gasteiger partial charge on any atom is 0.326 e. The molecule has 1 saturated heterocycles. The van der Waals surface area contributed by atoms with Crippen molar-refractivity contribution in [3.05, 3.63) is 0 Å². The molecule has 2 rings (SSSR count). The second-order valence-corrected chi connectivity index (χ2v) is 4.83. The van der Waals surface area contributed by atoms with Gasteiger partial charge >= 0.3 is 5.97 Å². The molecule has 0 spiro atoms. The van der Waals surface area contributed by atoms with Gasteiger partial charge < -0.3 is 10.1 Å². The molecule has 1 saturated carbocycles. The highest BCUT2D eigenvalue weighted by Gasteiger charge is 2.40. The van der Waals surface area contributed by atoms with Crippen LogP contribution in [0.3, 0.4) is 0 Å². The summed E-state index contributed by atoms with van der Waals surface area (Å²) in [6.45, 7) is 3.62. The molecule has 1 unspecified atom stereocenters. The monoisotopic (exact) mass is 211 g/mol. The summed E-state index contributed by atoms with van der Waals surface area (Å²) in [7, 11) is 0. The van der Waals surface area contributed by atoms with Crippen molar-refractivity contribution in [2.24, 2.45) is 5.92 Å². The highest BCUT2D eigenvalue weighted by atomic mass is 16.5. The van der Waals surface area contributed by atoms with E-state index in [2.05, 4.69) is 12.2 Å². The van der Waals surface area contributed by atoms with Crippen LogP contribution in [0.2, 0.25) is 0 Å². The van der Waals surface area contributed by atoms with Crippen LogP contribution in [0.4, 0.5) is 0 Å². The molecule has 0 amide bonds. The van der Waals surface area contributed by atoms with E-state index in [-0.39, 0.29) is 11.5 Å². The maximum atomic E-state index is 11.9. The minimum atomic E-state index is -0.358. The van der Waals surface area contributed by atoms with Gasteiger partial charge in [0, 0.05) is 0 Å². The van der Waals surface area contributed by atoms with Crippen molar-refractivity contribution in [3.63, 3.8) is 0 Å². The number of carbonyl (C=O) groups is 1. The Bertz CT molecular complexity index is 230. The quantitative estimate of drug-likeness (QED) is 0.705. The molecule has 1 atom stereocenters. The van der Waals surface area contributed by atoms with E-state index in [1.54, 1.807) is 0 Å². The van der Waals surface area contributed by atoms with Crippen LogP contribution >= 0.6 is 0 Å². The van der Waals surface area contributed by atoms with Crippen LogP contribution in [-0.2, 0) is 9.53 Å². The molecule has 86 valence electrons. The van der Waals surface area contributed by atoms with Crippen molar-refractivity contribution in [1.29, 1.82) is 0 Å². The fourth-order valence-corrected chi connectivity index (χ4v) is 2.29. The molecule has 0 aromatic rings. The minimum Gasteiger partial charge on any atom is -0.464 e. The van der Waals surface area contributed by atoms with Gasteiger partial charge in [0.05, 0.1) is 6.61 Å². The van der Waals surface area contributed by atoms with Gasteiger partial charge in [0.1, 0.15) is 5.54 Å². The molecule has 2 fully saturated rings. The number of rotatable bonds is 5. The molecule has 0 aromatic carbocycles. The minimum absolute atomic E-state index is 0.0249. The number of ether oxygens (including phenoxy) is 1. The molecule has 0 radical (unpaired) electrons. The summed E-state index contributed by atoms with van der Waals surface area (Å²) in [5.41, 5.74) is -0.358. The lowest BCUT2D eigenvalue weighted by atomic mass is 9.94. The average Bonchev–Trinajstić information content (AvgIpc) is 2.94. The van der Waals surface area contributed by atoms with Crippen LogP contribution < -0.4 is 5.32 Å². The summed E-state index contributed by atoms with van der Waals surface area (Å²) >= 11 is 0. The Hall–Kier alpha value is -0.570. The molecule has 1 N–H and O–H groups in total. The van der Waals surface area contributed by atoms with Crippen molar-refractivity contribution in [2.75, 3.05) is 13.2 Å². The molecule has 3 heteroatoms. The molecule has 15 heavy (non-hydrogen) atoms. The van der Waals surface area contributed by atoms with Crippen LogP contribution in [0, 0.1) is 5.92 Å². The SMILES string of the molecule is CCC1(C(=O)OCCC2CC2)CCCN1. The summed E-state index contributed by atoms with van der Waals surface area (Å²) in [4.78, 5) is 11.9. The van der Waals surface area contributed by atoms with Crippen LogP contribution in [0.1, 0.15) is 45.4 Å². The van der Waals surface area contributed by atoms with E-state index in [1.807, 2.05) is 0 Å². The molecule has 0 aromatic heterocycles. The molecule has 0 bridgehead atoms. The van der Waals surface area contributed by atoms with E-state index in [9.17, 15) is 4.79 Å². The van der Waals surface area contributed by atoms with Crippen molar-refractivity contribution in [2.45, 2.75) is 51.0 Å². The third-order valence-electron chi connectivity index (χ3n) is 3.69. The third kappa shape index (κ3) is 2.51. The standard InChI is InChI=1S/C12H21NO2/c1-2-12(7-3-8-13-12)11(14)15-9-6-10-4-5-10/h10,13H,2-9H2,1H3. The van der Waals surface area contributed by atoms with Gasteiger partial charge in [-0.25, -0.2) is 0 Å². The van der Waals surface area contributed by atoms with Crippen LogP contribution in [0.15, 0.2) is 0 Å². The van der Waals surface area contributed by atoms with Gasteiger partial charge in [-0.15, -0.1) is 0 Å². The predicted octanol–water partition coefficient (Wildman–Crippen LogP) is 1.86. The summed E-state index contributed by atoms with van der Waals surface area (Å²) in [5, 5.41) is 3.30. The lowest BCUT2D eigenvalue weighted by Gasteiger charge is -2.25. The van der Waals surface area contributed by atoms with E-state index in [4.69, 9.17) is 4.74 Å². The molecule has 2 aliphatic rings. The van der Waals surface area contributed by atoms with Crippen LogP contribution in [-0.4, -0.2) is 24.7 Å². The molecule has 1 aliphatic carbocycles. The van der Waals surface area contributed by atoms with Gasteiger partial charge in [0.25, 0.3) is 0 Å². The highest BCUT2D eigenvalue weighted by molar-refractivity contribution is 5.81. The van der Waals surface area contributed by atoms with E-state index >= 15 is 0 Å². The third-order valence-corrected chi connectivity index (χ3v) is 3.69. The Morgan fingerprint density at radius 3 is 2.87 bits per heavy atom. The first-order valence-electron chi connectivity index (χ1n) is 6.19. The zero-order valence-electron chi connectivity index (χ0n) is 9.55. The Labute approximate surface area is 91.6 Å². The van der Waals surface area contributed by atoms with Gasteiger partial charge in [-0.2, -0.15) is 0 Å². The fraction of sp³-hybridized carbons (Fsp3) is 0.917. The zero-order valence-corrected chi connectivity index (χ0v) is 9.55. The maximum absolute atomic E-state index is 11.9. The summed E-state index contributed by atoms with van der Waals surface area (Å²) in [6, 6.07) is 0. The Morgan fingerprint density at radius 1 is 1.53 bits per heavy atom. The first kappa shape index (κ1) is 10.9. The van der Waals surface area contributed by atoms with Crippen molar-refractivity contribution in [3.8, 4) is 0 Å². The van der Waals surface area contributed by atoms with Crippen molar-refractivity contribution in [1.82, 2.24) is 5.32 Å². The average molecular weight is 211 g/mol. The second kappa shape index (κ2) is 4.52. The van der Waals surface area contributed by atoms with E-state index in [1.165, 1.54) is 12.8 Å². The van der Waals surface area contributed by atoms with Gasteiger partial charge in [0.15, 0.2) is 0 Å². The van der Waals surface area contributed by atoms with Crippen molar-refractivity contribution < 1.29 is 9.53 Å². The molecular formula is C12H21NO2. The number of esters is 1. The molecule has 3 nitrogen and oxygen atoms in total. The Balaban J connectivity index is 1.76. The Kier molecular flexibility index (Phi) is 3.29. The highest BCUT2D eigenvalue weighted by Crippen LogP contribution is 2.32. The van der Waals surface area contributed by atoms with Crippen molar-refractivity contribution >= 4 is 5.97 Å². The summed E-state index contributed by atoms with van der Waals surface area (Å²) < 4.78 is 5.37. The number of hydrogen-bond donors (Lipinski definition) is 1. The van der Waals surface area contributed by atoms with E-state index < -0.39 is 0 Å². The molecular weight excluding hydrogens is 190 g/mol. The summed E-state index contributed by atoms with van der Waals surface area (Å²) in [5.74, 6) is 0.815. The van der Waals surface area contributed by atoms with E-state index in [0.29, 0.717) is 6.61 Å². The van der Waals surface area contributed by atoms with Gasteiger partial charge in [0.2, 0.25) is 0 Å². The number of carbonyl (C=O) groups excluding carboxylic acids is 1. The largest absolute Gasteiger partial charge is 0.464 e. The lowest BCUT2D eigenvalue weighted by molar-refractivity contribution is -0.151. The first-order valence-corrected chi connectivity index (χ1v) is 6.19. The van der Waals surface area contributed by atoms with E-state index in [0.717, 1.165) is 38.1 Å². The van der Waals surface area contributed by atoms with Crippen LogP contribution in [0.5, 0.6) is 0 Å². The number of hydrogen-bond acceptors (Lipinski definition) is 3. The molecule has 1 heterocycles. The molecule has 1 aliphatic heterocycles. The first-order chi connectivity index (χ1) is 7.27. The zero-order chi connectivity index (χ0) is 10.7. The second-order valence-electron chi connectivity index (χ2n) is 4.83. The number of nitrogens with one attached hydrogen (secondary N) is 1.